The first-order chi connectivity index (χ1) is 9.24. The first kappa shape index (κ1) is 15.6. The third-order valence-electron chi connectivity index (χ3n) is 3.14. The molecule has 0 amide bonds. The molecule has 0 aromatic carbocycles. The van der Waals surface area contributed by atoms with Crippen molar-refractivity contribution in [2.45, 2.75) is 71.3 Å². The number of aryl methyl sites for hydroxylation is 2. The van der Waals surface area contributed by atoms with Gasteiger partial charge in [0.2, 0.25) is 0 Å². The number of hydrogen-bond acceptors (Lipinski definition) is 4. The van der Waals surface area contributed by atoms with Crippen molar-refractivity contribution in [1.29, 1.82) is 0 Å². The van der Waals surface area contributed by atoms with Crippen LogP contribution in [0.15, 0.2) is 0 Å². The zero-order valence-corrected chi connectivity index (χ0v) is 11.7. The molecular formula is C13H24N4O2. The van der Waals surface area contributed by atoms with Crippen LogP contribution in [0.5, 0.6) is 0 Å². The third kappa shape index (κ3) is 6.88. The van der Waals surface area contributed by atoms with Crippen LogP contribution >= 0.6 is 0 Å². The van der Waals surface area contributed by atoms with E-state index in [0.29, 0.717) is 12.2 Å². The summed E-state index contributed by atoms with van der Waals surface area (Å²) in [5.41, 5.74) is 0. The Hall–Kier alpha value is -1.46. The summed E-state index contributed by atoms with van der Waals surface area (Å²) < 4.78 is 1.73. The number of aliphatic carboxylic acids is 1. The summed E-state index contributed by atoms with van der Waals surface area (Å²) in [5.74, 6) is -0.140. The highest BCUT2D eigenvalue weighted by Gasteiger charge is 2.07. The fourth-order valence-corrected chi connectivity index (χ4v) is 2.01. The fourth-order valence-electron chi connectivity index (χ4n) is 2.01. The second kappa shape index (κ2) is 9.47. The van der Waals surface area contributed by atoms with Crippen LogP contribution in [-0.2, 0) is 17.8 Å². The summed E-state index contributed by atoms with van der Waals surface area (Å²) in [5, 5.41) is 20.0. The van der Waals surface area contributed by atoms with E-state index in [-0.39, 0.29) is 6.42 Å². The van der Waals surface area contributed by atoms with Crippen molar-refractivity contribution in [2.75, 3.05) is 0 Å². The average Bonchev–Trinajstić information content (AvgIpc) is 2.83. The summed E-state index contributed by atoms with van der Waals surface area (Å²) in [4.78, 5) is 10.5. The van der Waals surface area contributed by atoms with Crippen molar-refractivity contribution in [2.24, 2.45) is 0 Å². The highest BCUT2D eigenvalue weighted by atomic mass is 16.4. The SMILES string of the molecule is CCCCCCCCCn1nnnc1CCC(=O)O. The van der Waals surface area contributed by atoms with Crippen LogP contribution in [0.3, 0.4) is 0 Å². The Morgan fingerprint density at radius 1 is 1.16 bits per heavy atom. The topological polar surface area (TPSA) is 80.9 Å². The minimum Gasteiger partial charge on any atom is -0.481 e. The monoisotopic (exact) mass is 268 g/mol. The number of rotatable bonds is 11. The van der Waals surface area contributed by atoms with E-state index < -0.39 is 5.97 Å². The fraction of sp³-hybridized carbons (Fsp3) is 0.846. The number of unbranched alkanes of at least 4 members (excludes halogenated alkanes) is 6. The lowest BCUT2D eigenvalue weighted by Gasteiger charge is -2.04. The zero-order chi connectivity index (χ0) is 13.9. The predicted octanol–water partition coefficient (Wildman–Crippen LogP) is 2.44. The Morgan fingerprint density at radius 3 is 2.53 bits per heavy atom. The van der Waals surface area contributed by atoms with Crippen molar-refractivity contribution < 1.29 is 9.90 Å². The quantitative estimate of drug-likeness (QED) is 0.623. The highest BCUT2D eigenvalue weighted by Crippen LogP contribution is 2.08. The number of hydrogen-bond donors (Lipinski definition) is 1. The number of tetrazole rings is 1. The molecule has 1 aromatic rings. The van der Waals surface area contributed by atoms with Gasteiger partial charge in [0.25, 0.3) is 0 Å². The second-order valence-electron chi connectivity index (χ2n) is 4.83. The molecule has 0 unspecified atom stereocenters. The van der Waals surface area contributed by atoms with Crippen molar-refractivity contribution in [3.05, 3.63) is 5.82 Å². The molecule has 0 saturated carbocycles. The Kier molecular flexibility index (Phi) is 7.77. The molecule has 108 valence electrons. The summed E-state index contributed by atoms with van der Waals surface area (Å²) in [6.07, 6.45) is 9.20. The van der Waals surface area contributed by atoms with Crippen LogP contribution in [0.25, 0.3) is 0 Å². The van der Waals surface area contributed by atoms with E-state index in [0.717, 1.165) is 13.0 Å². The molecule has 0 aliphatic rings. The van der Waals surface area contributed by atoms with E-state index in [9.17, 15) is 4.79 Å². The largest absolute Gasteiger partial charge is 0.481 e. The standard InChI is InChI=1S/C13H24N4O2/c1-2-3-4-5-6-7-8-11-17-12(14-15-16-17)9-10-13(18)19/h2-11H2,1H3,(H,18,19). The zero-order valence-electron chi connectivity index (χ0n) is 11.7. The molecule has 1 rings (SSSR count). The summed E-state index contributed by atoms with van der Waals surface area (Å²) in [7, 11) is 0. The van der Waals surface area contributed by atoms with Crippen molar-refractivity contribution in [1.82, 2.24) is 20.2 Å². The second-order valence-corrected chi connectivity index (χ2v) is 4.83. The van der Waals surface area contributed by atoms with Crippen molar-refractivity contribution >= 4 is 5.97 Å². The molecular weight excluding hydrogens is 244 g/mol. The Bertz CT molecular complexity index is 365. The van der Waals surface area contributed by atoms with Crippen LogP contribution in [0, 0.1) is 0 Å². The maximum atomic E-state index is 10.5. The van der Waals surface area contributed by atoms with Crippen LogP contribution in [0.4, 0.5) is 0 Å². The molecule has 0 saturated heterocycles. The van der Waals surface area contributed by atoms with Gasteiger partial charge in [-0.15, -0.1) is 5.10 Å². The summed E-state index contributed by atoms with van der Waals surface area (Å²) in [6.45, 7) is 3.01. The molecule has 6 nitrogen and oxygen atoms in total. The van der Waals surface area contributed by atoms with Gasteiger partial charge in [0, 0.05) is 13.0 Å². The van der Waals surface area contributed by atoms with E-state index >= 15 is 0 Å². The van der Waals surface area contributed by atoms with Crippen LogP contribution in [0.2, 0.25) is 0 Å². The van der Waals surface area contributed by atoms with Gasteiger partial charge in [0.05, 0.1) is 6.42 Å². The van der Waals surface area contributed by atoms with Gasteiger partial charge in [0.15, 0.2) is 5.82 Å². The van der Waals surface area contributed by atoms with E-state index in [1.165, 1.54) is 38.5 Å². The van der Waals surface area contributed by atoms with Gasteiger partial charge in [-0.25, -0.2) is 4.68 Å². The minimum absolute atomic E-state index is 0.0807. The molecule has 19 heavy (non-hydrogen) atoms. The van der Waals surface area contributed by atoms with E-state index in [1.54, 1.807) is 4.68 Å². The number of carboxylic acid groups (broad SMARTS) is 1. The van der Waals surface area contributed by atoms with Crippen LogP contribution < -0.4 is 0 Å². The molecule has 1 aromatic heterocycles. The normalized spacial score (nSPS) is 10.8. The number of nitrogens with zero attached hydrogens (tertiary/aromatic N) is 4. The first-order valence-electron chi connectivity index (χ1n) is 7.21. The third-order valence-corrected chi connectivity index (χ3v) is 3.14. The Labute approximate surface area is 114 Å². The molecule has 0 aliphatic carbocycles. The molecule has 1 N–H and O–H groups in total. The molecule has 0 radical (unpaired) electrons. The minimum atomic E-state index is -0.814. The molecule has 0 atom stereocenters. The van der Waals surface area contributed by atoms with Crippen LogP contribution in [-0.4, -0.2) is 31.3 Å². The van der Waals surface area contributed by atoms with Gasteiger partial charge in [0.1, 0.15) is 0 Å². The molecule has 0 bridgehead atoms. The van der Waals surface area contributed by atoms with Crippen LogP contribution in [0.1, 0.15) is 64.1 Å². The molecule has 6 heteroatoms. The average molecular weight is 268 g/mol. The maximum Gasteiger partial charge on any atom is 0.303 e. The lowest BCUT2D eigenvalue weighted by atomic mass is 10.1. The van der Waals surface area contributed by atoms with Gasteiger partial charge < -0.3 is 5.11 Å². The Balaban J connectivity index is 2.15. The van der Waals surface area contributed by atoms with E-state index in [4.69, 9.17) is 5.11 Å². The smallest absolute Gasteiger partial charge is 0.303 e. The van der Waals surface area contributed by atoms with Crippen molar-refractivity contribution in [3.63, 3.8) is 0 Å². The molecule has 1 heterocycles. The van der Waals surface area contributed by atoms with Gasteiger partial charge in [-0.05, 0) is 16.8 Å². The lowest BCUT2D eigenvalue weighted by Crippen LogP contribution is -2.08. The first-order valence-corrected chi connectivity index (χ1v) is 7.21. The Morgan fingerprint density at radius 2 is 1.84 bits per heavy atom. The van der Waals surface area contributed by atoms with Gasteiger partial charge >= 0.3 is 5.97 Å². The molecule has 0 spiro atoms. The lowest BCUT2D eigenvalue weighted by molar-refractivity contribution is -0.137. The highest BCUT2D eigenvalue weighted by molar-refractivity contribution is 5.66. The molecule has 0 fully saturated rings. The van der Waals surface area contributed by atoms with E-state index in [1.807, 2.05) is 0 Å². The maximum absolute atomic E-state index is 10.5. The van der Waals surface area contributed by atoms with Gasteiger partial charge in [-0.3, -0.25) is 4.79 Å². The predicted molar refractivity (Wildman–Crippen MR) is 71.8 cm³/mol. The summed E-state index contributed by atoms with van der Waals surface area (Å²) in [6, 6.07) is 0. The van der Waals surface area contributed by atoms with Gasteiger partial charge in [-0.2, -0.15) is 0 Å². The number of carboxylic acids is 1. The van der Waals surface area contributed by atoms with Gasteiger partial charge in [-0.1, -0.05) is 45.4 Å². The number of aromatic nitrogens is 4. The van der Waals surface area contributed by atoms with E-state index in [2.05, 4.69) is 22.4 Å². The number of carbonyl (C=O) groups is 1. The van der Waals surface area contributed by atoms with Crippen molar-refractivity contribution in [3.8, 4) is 0 Å². The molecule has 0 aliphatic heterocycles. The summed E-state index contributed by atoms with van der Waals surface area (Å²) >= 11 is 0.